The van der Waals surface area contributed by atoms with Crippen LogP contribution in [0, 0.1) is 5.92 Å². The Kier molecular flexibility index (Phi) is 3.93. The third kappa shape index (κ3) is 2.92. The van der Waals surface area contributed by atoms with Crippen LogP contribution in [0.2, 0.25) is 0 Å². The molecule has 120 valence electrons. The molecule has 0 saturated carbocycles. The van der Waals surface area contributed by atoms with Crippen molar-refractivity contribution >= 4 is 22.4 Å². The van der Waals surface area contributed by atoms with Crippen molar-refractivity contribution in [3.8, 4) is 0 Å². The maximum atomic E-state index is 12.8. The first-order valence-electron chi connectivity index (χ1n) is 8.58. The second-order valence-corrected chi connectivity index (χ2v) is 7.95. The number of carbonyl (C=O) groups is 1. The molecule has 1 amide bonds. The highest BCUT2D eigenvalue weighted by Crippen LogP contribution is 2.35. The number of aryl methyl sites for hydroxylation is 2. The van der Waals surface area contributed by atoms with Gasteiger partial charge in [-0.05, 0) is 55.6 Å². The Labute approximate surface area is 141 Å². The largest absolute Gasteiger partial charge is 0.301 e. The topological polar surface area (TPSA) is 42.0 Å². The third-order valence-corrected chi connectivity index (χ3v) is 6.14. The molecule has 1 aromatic heterocycles. The molecule has 0 fully saturated rings. The fourth-order valence-electron chi connectivity index (χ4n) is 3.81. The zero-order valence-electron chi connectivity index (χ0n) is 13.5. The van der Waals surface area contributed by atoms with E-state index in [0.717, 1.165) is 43.2 Å². The minimum absolute atomic E-state index is 0.0280. The first-order chi connectivity index (χ1) is 11.2. The van der Waals surface area contributed by atoms with Crippen molar-refractivity contribution in [2.24, 2.45) is 5.92 Å². The molecule has 1 N–H and O–H groups in total. The first-order valence-corrected chi connectivity index (χ1v) is 9.39. The van der Waals surface area contributed by atoms with Crippen LogP contribution in [-0.2, 0) is 24.1 Å². The third-order valence-electron chi connectivity index (χ3n) is 5.10. The number of nitrogens with zero attached hydrogens (tertiary/aromatic N) is 1. The van der Waals surface area contributed by atoms with Gasteiger partial charge in [-0.2, -0.15) is 0 Å². The predicted molar refractivity (Wildman–Crippen MR) is 94.1 cm³/mol. The number of fused-ring (bicyclic) bond motifs is 2. The summed E-state index contributed by atoms with van der Waals surface area (Å²) in [5, 5.41) is 3.88. The summed E-state index contributed by atoms with van der Waals surface area (Å²) in [5.74, 6) is 0.813. The molecule has 3 nitrogen and oxygen atoms in total. The lowest BCUT2D eigenvalue weighted by molar-refractivity contribution is -0.117. The molecule has 4 rings (SSSR count). The number of anilines is 1. The van der Waals surface area contributed by atoms with Crippen molar-refractivity contribution in [3.05, 3.63) is 46.0 Å². The van der Waals surface area contributed by atoms with E-state index < -0.39 is 0 Å². The van der Waals surface area contributed by atoms with Gasteiger partial charge in [-0.15, -0.1) is 11.3 Å². The fourth-order valence-corrected chi connectivity index (χ4v) is 4.99. The number of rotatable bonds is 2. The number of thiazole rings is 1. The van der Waals surface area contributed by atoms with E-state index in [2.05, 4.69) is 35.4 Å². The van der Waals surface area contributed by atoms with Crippen LogP contribution in [0.4, 0.5) is 5.13 Å². The zero-order valence-corrected chi connectivity index (χ0v) is 14.3. The Morgan fingerprint density at radius 1 is 1.26 bits per heavy atom. The van der Waals surface area contributed by atoms with E-state index in [0.29, 0.717) is 0 Å². The number of benzene rings is 1. The van der Waals surface area contributed by atoms with Crippen LogP contribution in [0.25, 0.3) is 0 Å². The van der Waals surface area contributed by atoms with Gasteiger partial charge >= 0.3 is 0 Å². The van der Waals surface area contributed by atoms with Gasteiger partial charge in [-0.1, -0.05) is 31.2 Å². The summed E-state index contributed by atoms with van der Waals surface area (Å²) in [5.41, 5.74) is 3.73. The maximum Gasteiger partial charge on any atom is 0.233 e. The van der Waals surface area contributed by atoms with Gasteiger partial charge in [-0.25, -0.2) is 4.98 Å². The normalized spacial score (nSPS) is 23.0. The molecule has 4 heteroatoms. The average Bonchev–Trinajstić information content (AvgIpc) is 2.95. The van der Waals surface area contributed by atoms with Crippen molar-refractivity contribution < 1.29 is 4.79 Å². The maximum absolute atomic E-state index is 12.8. The van der Waals surface area contributed by atoms with Gasteiger partial charge in [0.2, 0.25) is 5.91 Å². The second-order valence-electron chi connectivity index (χ2n) is 6.87. The van der Waals surface area contributed by atoms with Crippen molar-refractivity contribution in [1.29, 1.82) is 0 Å². The van der Waals surface area contributed by atoms with E-state index in [1.807, 2.05) is 6.07 Å². The number of nitrogens with one attached hydrogen (secondary N) is 1. The van der Waals surface area contributed by atoms with Gasteiger partial charge in [0.05, 0.1) is 11.6 Å². The molecule has 0 radical (unpaired) electrons. The number of carbonyl (C=O) groups excluding carboxylic acids is 1. The minimum atomic E-state index is -0.0280. The first kappa shape index (κ1) is 14.9. The van der Waals surface area contributed by atoms with Crippen LogP contribution in [0.15, 0.2) is 24.3 Å². The number of amides is 1. The summed E-state index contributed by atoms with van der Waals surface area (Å²) >= 11 is 1.67. The summed E-state index contributed by atoms with van der Waals surface area (Å²) in [4.78, 5) is 18.8. The molecule has 1 aromatic carbocycles. The molecule has 0 saturated heterocycles. The van der Waals surface area contributed by atoms with Crippen molar-refractivity contribution in [1.82, 2.24) is 4.98 Å². The minimum Gasteiger partial charge on any atom is -0.301 e. The van der Waals surface area contributed by atoms with Gasteiger partial charge < -0.3 is 5.32 Å². The lowest BCUT2D eigenvalue weighted by Gasteiger charge is -2.24. The summed E-state index contributed by atoms with van der Waals surface area (Å²) in [6.45, 7) is 2.29. The van der Waals surface area contributed by atoms with E-state index in [-0.39, 0.29) is 11.8 Å². The van der Waals surface area contributed by atoms with Crippen LogP contribution in [0.5, 0.6) is 0 Å². The molecule has 0 bridgehead atoms. The van der Waals surface area contributed by atoms with E-state index in [9.17, 15) is 4.79 Å². The molecule has 2 atom stereocenters. The summed E-state index contributed by atoms with van der Waals surface area (Å²) in [6.07, 6.45) is 6.47. The lowest BCUT2D eigenvalue weighted by atomic mass is 9.82. The van der Waals surface area contributed by atoms with Gasteiger partial charge in [0.15, 0.2) is 5.13 Å². The van der Waals surface area contributed by atoms with Crippen LogP contribution in [0.1, 0.15) is 53.8 Å². The van der Waals surface area contributed by atoms with Crippen LogP contribution < -0.4 is 5.32 Å². The van der Waals surface area contributed by atoms with E-state index in [1.165, 1.54) is 28.1 Å². The average molecular weight is 326 g/mol. The zero-order chi connectivity index (χ0) is 15.8. The Balaban J connectivity index is 1.53. The predicted octanol–water partition coefficient (Wildman–Crippen LogP) is 4.33. The standard InChI is InChI=1S/C19H22N2OS/c1-12-9-10-16-17(11-12)23-19(20-16)21-18(22)15-8-4-6-13-5-2-3-7-14(13)15/h2-3,5,7,12,15H,4,6,8-11H2,1H3,(H,20,21,22). The van der Waals surface area contributed by atoms with E-state index in [1.54, 1.807) is 11.3 Å². The molecule has 2 unspecified atom stereocenters. The van der Waals surface area contributed by atoms with E-state index in [4.69, 9.17) is 0 Å². The molecular formula is C19H22N2OS. The fraction of sp³-hybridized carbons (Fsp3) is 0.474. The van der Waals surface area contributed by atoms with Crippen LogP contribution in [-0.4, -0.2) is 10.9 Å². The lowest BCUT2D eigenvalue weighted by Crippen LogP contribution is -2.24. The summed E-state index contributed by atoms with van der Waals surface area (Å²) < 4.78 is 0. The molecule has 23 heavy (non-hydrogen) atoms. The molecule has 2 aliphatic carbocycles. The Bertz CT molecular complexity index is 737. The summed E-state index contributed by atoms with van der Waals surface area (Å²) in [7, 11) is 0. The van der Waals surface area contributed by atoms with Crippen molar-refractivity contribution in [2.45, 2.75) is 51.4 Å². The van der Waals surface area contributed by atoms with Crippen LogP contribution in [0.3, 0.4) is 0 Å². The molecular weight excluding hydrogens is 304 g/mol. The smallest absolute Gasteiger partial charge is 0.233 e. The number of aromatic nitrogens is 1. The molecule has 0 aliphatic heterocycles. The highest BCUT2D eigenvalue weighted by molar-refractivity contribution is 7.15. The Morgan fingerprint density at radius 3 is 3.04 bits per heavy atom. The quantitative estimate of drug-likeness (QED) is 0.892. The molecule has 0 spiro atoms. The molecule has 1 heterocycles. The highest BCUT2D eigenvalue weighted by Gasteiger charge is 2.27. The Hall–Kier alpha value is -1.68. The van der Waals surface area contributed by atoms with Gasteiger partial charge in [0.1, 0.15) is 0 Å². The van der Waals surface area contributed by atoms with Crippen molar-refractivity contribution in [3.63, 3.8) is 0 Å². The number of hydrogen-bond acceptors (Lipinski definition) is 3. The monoisotopic (exact) mass is 326 g/mol. The van der Waals surface area contributed by atoms with Gasteiger partial charge in [-0.3, -0.25) is 4.79 Å². The van der Waals surface area contributed by atoms with Gasteiger partial charge in [0, 0.05) is 4.88 Å². The SMILES string of the molecule is CC1CCc2nc(NC(=O)C3CCCc4ccccc43)sc2C1. The number of hydrogen-bond donors (Lipinski definition) is 1. The Morgan fingerprint density at radius 2 is 2.13 bits per heavy atom. The second kappa shape index (κ2) is 6.08. The van der Waals surface area contributed by atoms with Crippen LogP contribution >= 0.6 is 11.3 Å². The van der Waals surface area contributed by atoms with Crippen molar-refractivity contribution in [2.75, 3.05) is 5.32 Å². The van der Waals surface area contributed by atoms with Gasteiger partial charge in [0.25, 0.3) is 0 Å². The molecule has 2 aromatic rings. The molecule has 2 aliphatic rings. The highest BCUT2D eigenvalue weighted by atomic mass is 32.1. The van der Waals surface area contributed by atoms with E-state index >= 15 is 0 Å². The summed E-state index contributed by atoms with van der Waals surface area (Å²) in [6, 6.07) is 8.36.